The van der Waals surface area contributed by atoms with Crippen LogP contribution < -0.4 is 10.6 Å². The Bertz CT molecular complexity index is 759. The van der Waals surface area contributed by atoms with Gasteiger partial charge < -0.3 is 10.6 Å². The quantitative estimate of drug-likeness (QED) is 0.896. The molecule has 1 aliphatic rings. The van der Waals surface area contributed by atoms with E-state index in [0.717, 1.165) is 37.0 Å². The Morgan fingerprint density at radius 3 is 2.60 bits per heavy atom. The fourth-order valence-electron chi connectivity index (χ4n) is 4.37. The van der Waals surface area contributed by atoms with Crippen LogP contribution in [0, 0.1) is 0 Å². The number of amides is 1. The highest BCUT2D eigenvalue weighted by atomic mass is 16.2. The summed E-state index contributed by atoms with van der Waals surface area (Å²) >= 11 is 0. The molecule has 1 aliphatic heterocycles. The third-order valence-electron chi connectivity index (χ3n) is 4.83. The minimum Gasteiger partial charge on any atom is -0.348 e. The van der Waals surface area contributed by atoms with Crippen molar-refractivity contribution >= 4 is 11.6 Å². The summed E-state index contributed by atoms with van der Waals surface area (Å²) in [6.07, 6.45) is 5.54. The van der Waals surface area contributed by atoms with E-state index < -0.39 is 0 Å². The van der Waals surface area contributed by atoms with Crippen LogP contribution in [0.25, 0.3) is 5.65 Å². The molecule has 2 aromatic heterocycles. The van der Waals surface area contributed by atoms with Crippen molar-refractivity contribution in [3.8, 4) is 0 Å². The van der Waals surface area contributed by atoms with Crippen molar-refractivity contribution < 1.29 is 4.79 Å². The number of fused-ring (bicyclic) bond motifs is 1. The summed E-state index contributed by atoms with van der Waals surface area (Å²) in [4.78, 5) is 17.8. The zero-order valence-electron chi connectivity index (χ0n) is 16.0. The molecule has 3 heterocycles. The summed E-state index contributed by atoms with van der Waals surface area (Å²) in [5, 5.41) is 6.95. The van der Waals surface area contributed by atoms with E-state index in [2.05, 4.69) is 50.2 Å². The first-order chi connectivity index (χ1) is 11.7. The molecule has 3 rings (SSSR count). The van der Waals surface area contributed by atoms with Crippen molar-refractivity contribution in [3.05, 3.63) is 35.8 Å². The van der Waals surface area contributed by atoms with Crippen LogP contribution in [0.3, 0.4) is 0 Å². The molecule has 0 aliphatic carbocycles. The van der Waals surface area contributed by atoms with Crippen molar-refractivity contribution in [3.63, 3.8) is 0 Å². The largest absolute Gasteiger partial charge is 0.348 e. The first-order valence-electron chi connectivity index (χ1n) is 9.27. The second kappa shape index (κ2) is 6.45. The van der Waals surface area contributed by atoms with Crippen molar-refractivity contribution in [1.29, 1.82) is 0 Å². The Labute approximate surface area is 150 Å². The number of carbonyl (C=O) groups is 1. The molecular formula is C20H30N4O. The number of aromatic nitrogens is 2. The second-order valence-electron chi connectivity index (χ2n) is 8.56. The molecule has 2 aromatic rings. The molecular weight excluding hydrogens is 312 g/mol. The zero-order chi connectivity index (χ0) is 18.2. The van der Waals surface area contributed by atoms with Gasteiger partial charge in [-0.3, -0.25) is 9.20 Å². The molecule has 0 atom stereocenters. The molecule has 0 aromatic carbocycles. The van der Waals surface area contributed by atoms with E-state index in [0.29, 0.717) is 5.69 Å². The van der Waals surface area contributed by atoms with Crippen LogP contribution in [0.1, 0.15) is 70.1 Å². The maximum absolute atomic E-state index is 13.1. The molecule has 136 valence electrons. The summed E-state index contributed by atoms with van der Waals surface area (Å²) in [7, 11) is 0. The molecule has 0 radical (unpaired) electrons. The minimum atomic E-state index is -0.0133. The van der Waals surface area contributed by atoms with Crippen molar-refractivity contribution in [1.82, 2.24) is 20.0 Å². The summed E-state index contributed by atoms with van der Waals surface area (Å²) in [5.74, 6) is -0.0133. The lowest BCUT2D eigenvalue weighted by Gasteiger charge is -2.46. The Kier molecular flexibility index (Phi) is 4.62. The molecule has 1 fully saturated rings. The number of nitrogens with zero attached hydrogens (tertiary/aromatic N) is 2. The highest BCUT2D eigenvalue weighted by molar-refractivity contribution is 5.95. The molecule has 0 bridgehead atoms. The summed E-state index contributed by atoms with van der Waals surface area (Å²) in [6.45, 7) is 10.9. The predicted molar refractivity (Wildman–Crippen MR) is 101 cm³/mol. The molecule has 0 spiro atoms. The smallest absolute Gasteiger partial charge is 0.270 e. The third kappa shape index (κ3) is 3.87. The highest BCUT2D eigenvalue weighted by Gasteiger charge is 2.38. The SMILES string of the molecule is CCCc1nc2ccccn2c1C(=O)NC1CC(C)(C)NC(C)(C)C1. The van der Waals surface area contributed by atoms with Gasteiger partial charge in [-0.15, -0.1) is 0 Å². The predicted octanol–water partition coefficient (Wildman–Crippen LogP) is 3.33. The second-order valence-corrected chi connectivity index (χ2v) is 8.56. The lowest BCUT2D eigenvalue weighted by Crippen LogP contribution is -2.62. The van der Waals surface area contributed by atoms with Crippen LogP contribution in [0.15, 0.2) is 24.4 Å². The number of aryl methyl sites for hydroxylation is 1. The van der Waals surface area contributed by atoms with E-state index in [-0.39, 0.29) is 23.0 Å². The van der Waals surface area contributed by atoms with Gasteiger partial charge in [-0.25, -0.2) is 4.98 Å². The monoisotopic (exact) mass is 342 g/mol. The van der Waals surface area contributed by atoms with Gasteiger partial charge in [-0.1, -0.05) is 19.4 Å². The first kappa shape index (κ1) is 17.9. The first-order valence-corrected chi connectivity index (χ1v) is 9.27. The van der Waals surface area contributed by atoms with Crippen molar-refractivity contribution in [2.75, 3.05) is 0 Å². The number of nitrogens with one attached hydrogen (secondary N) is 2. The number of carbonyl (C=O) groups excluding carboxylic acids is 1. The molecule has 2 N–H and O–H groups in total. The third-order valence-corrected chi connectivity index (χ3v) is 4.83. The Hall–Kier alpha value is -1.88. The number of hydrogen-bond acceptors (Lipinski definition) is 3. The molecule has 0 unspecified atom stereocenters. The normalized spacial score (nSPS) is 19.9. The van der Waals surface area contributed by atoms with Gasteiger partial charge in [0.25, 0.3) is 5.91 Å². The summed E-state index contributed by atoms with van der Waals surface area (Å²) in [5.41, 5.74) is 2.42. The van der Waals surface area contributed by atoms with Crippen LogP contribution in [-0.4, -0.2) is 32.4 Å². The molecule has 0 saturated carbocycles. The summed E-state index contributed by atoms with van der Waals surface area (Å²) in [6, 6.07) is 6.00. The Balaban J connectivity index is 1.88. The van der Waals surface area contributed by atoms with Gasteiger partial charge in [-0.05, 0) is 59.1 Å². The fourth-order valence-corrected chi connectivity index (χ4v) is 4.37. The van der Waals surface area contributed by atoms with Gasteiger partial charge in [-0.2, -0.15) is 0 Å². The van der Waals surface area contributed by atoms with Crippen molar-refractivity contribution in [2.45, 2.75) is 77.4 Å². The van der Waals surface area contributed by atoms with Crippen LogP contribution in [0.2, 0.25) is 0 Å². The van der Waals surface area contributed by atoms with Gasteiger partial charge in [0.05, 0.1) is 5.69 Å². The lowest BCUT2D eigenvalue weighted by molar-refractivity contribution is 0.0866. The van der Waals surface area contributed by atoms with Crippen molar-refractivity contribution in [2.24, 2.45) is 0 Å². The van der Waals surface area contributed by atoms with E-state index >= 15 is 0 Å². The van der Waals surface area contributed by atoms with E-state index in [1.807, 2.05) is 28.8 Å². The van der Waals surface area contributed by atoms with Crippen LogP contribution in [0.4, 0.5) is 0 Å². The van der Waals surface area contributed by atoms with E-state index in [4.69, 9.17) is 0 Å². The van der Waals surface area contributed by atoms with Gasteiger partial charge in [0.15, 0.2) is 0 Å². The number of imidazole rings is 1. The molecule has 5 nitrogen and oxygen atoms in total. The van der Waals surface area contributed by atoms with E-state index in [9.17, 15) is 4.79 Å². The topological polar surface area (TPSA) is 58.4 Å². The Morgan fingerprint density at radius 2 is 1.96 bits per heavy atom. The average molecular weight is 342 g/mol. The van der Waals surface area contributed by atoms with Gasteiger partial charge >= 0.3 is 0 Å². The van der Waals surface area contributed by atoms with Crippen LogP contribution in [0.5, 0.6) is 0 Å². The fraction of sp³-hybridized carbons (Fsp3) is 0.600. The van der Waals surface area contributed by atoms with Crippen LogP contribution >= 0.6 is 0 Å². The number of pyridine rings is 1. The maximum Gasteiger partial charge on any atom is 0.270 e. The average Bonchev–Trinajstić information content (AvgIpc) is 2.82. The van der Waals surface area contributed by atoms with E-state index in [1.54, 1.807) is 0 Å². The number of hydrogen-bond donors (Lipinski definition) is 2. The molecule has 1 amide bonds. The van der Waals surface area contributed by atoms with Gasteiger partial charge in [0.1, 0.15) is 11.3 Å². The summed E-state index contributed by atoms with van der Waals surface area (Å²) < 4.78 is 1.91. The van der Waals surface area contributed by atoms with Crippen LogP contribution in [-0.2, 0) is 6.42 Å². The molecule has 5 heteroatoms. The van der Waals surface area contributed by atoms with E-state index in [1.165, 1.54) is 0 Å². The van der Waals surface area contributed by atoms with Gasteiger partial charge in [0.2, 0.25) is 0 Å². The number of piperidine rings is 1. The molecule has 25 heavy (non-hydrogen) atoms. The minimum absolute atomic E-state index is 0.00538. The van der Waals surface area contributed by atoms with Gasteiger partial charge in [0, 0.05) is 23.3 Å². The standard InChI is InChI=1S/C20H30N4O/c1-6-9-15-17(24-11-8-7-10-16(24)22-15)18(25)21-14-12-19(2,3)23-20(4,5)13-14/h7-8,10-11,14,23H,6,9,12-13H2,1-5H3,(H,21,25). The Morgan fingerprint density at radius 1 is 1.28 bits per heavy atom. The highest BCUT2D eigenvalue weighted by Crippen LogP contribution is 2.29. The maximum atomic E-state index is 13.1. The number of rotatable bonds is 4. The lowest BCUT2D eigenvalue weighted by atomic mass is 9.79. The zero-order valence-corrected chi connectivity index (χ0v) is 16.0. The molecule has 1 saturated heterocycles.